The first-order valence-electron chi connectivity index (χ1n) is 7.34. The van der Waals surface area contributed by atoms with Gasteiger partial charge in [0.1, 0.15) is 17.3 Å². The van der Waals surface area contributed by atoms with Crippen LogP contribution < -0.4 is 10.1 Å². The standard InChI is InChI=1S/C17H16N4O2S/c1-12-18-17(21-20-12)24-11-16(22)19-13-6-5-9-15(10-13)23-14-7-3-2-4-8-14/h2-10H,11H2,1H3,(H,19,22)(H,18,20,21). The van der Waals surface area contributed by atoms with E-state index in [2.05, 4.69) is 20.5 Å². The molecular formula is C17H16N4O2S. The zero-order valence-electron chi connectivity index (χ0n) is 13.0. The molecule has 2 N–H and O–H groups in total. The molecule has 0 unspecified atom stereocenters. The molecule has 0 saturated heterocycles. The first-order valence-corrected chi connectivity index (χ1v) is 8.32. The minimum absolute atomic E-state index is 0.126. The fourth-order valence-electron chi connectivity index (χ4n) is 1.98. The van der Waals surface area contributed by atoms with Gasteiger partial charge in [0.15, 0.2) is 0 Å². The predicted octanol–water partition coefficient (Wildman–Crippen LogP) is 3.64. The molecule has 0 aliphatic heterocycles. The number of nitrogens with one attached hydrogen (secondary N) is 2. The number of carbonyl (C=O) groups is 1. The van der Waals surface area contributed by atoms with Crippen LogP contribution >= 0.6 is 11.8 Å². The number of H-pyrrole nitrogens is 1. The summed E-state index contributed by atoms with van der Waals surface area (Å²) in [7, 11) is 0. The van der Waals surface area contributed by atoms with E-state index < -0.39 is 0 Å². The minimum Gasteiger partial charge on any atom is -0.457 e. The van der Waals surface area contributed by atoms with E-state index in [0.717, 1.165) is 11.6 Å². The number of ether oxygens (including phenoxy) is 1. The molecule has 1 heterocycles. The maximum atomic E-state index is 12.0. The van der Waals surface area contributed by atoms with Gasteiger partial charge in [0.05, 0.1) is 5.75 Å². The van der Waals surface area contributed by atoms with Crippen LogP contribution in [-0.4, -0.2) is 26.8 Å². The Morgan fingerprint density at radius 3 is 2.71 bits per heavy atom. The van der Waals surface area contributed by atoms with Gasteiger partial charge in [-0.3, -0.25) is 9.89 Å². The summed E-state index contributed by atoms with van der Waals surface area (Å²) in [6.07, 6.45) is 0. The molecule has 122 valence electrons. The van der Waals surface area contributed by atoms with Crippen molar-refractivity contribution in [3.8, 4) is 11.5 Å². The highest BCUT2D eigenvalue weighted by molar-refractivity contribution is 7.99. The number of aryl methyl sites for hydroxylation is 1. The predicted molar refractivity (Wildman–Crippen MR) is 93.4 cm³/mol. The molecule has 0 atom stereocenters. The first kappa shape index (κ1) is 16.1. The van der Waals surface area contributed by atoms with Gasteiger partial charge < -0.3 is 10.1 Å². The van der Waals surface area contributed by atoms with Crippen molar-refractivity contribution in [2.45, 2.75) is 12.1 Å². The molecule has 0 saturated carbocycles. The van der Waals surface area contributed by atoms with Crippen LogP contribution in [0.1, 0.15) is 5.82 Å². The molecular weight excluding hydrogens is 324 g/mol. The lowest BCUT2D eigenvalue weighted by Gasteiger charge is -2.08. The SMILES string of the molecule is Cc1nc(SCC(=O)Nc2cccc(Oc3ccccc3)c2)n[nH]1. The Labute approximate surface area is 143 Å². The van der Waals surface area contributed by atoms with Gasteiger partial charge in [-0.1, -0.05) is 36.0 Å². The van der Waals surface area contributed by atoms with Crippen LogP contribution in [0.15, 0.2) is 59.8 Å². The molecule has 2 aromatic carbocycles. The van der Waals surface area contributed by atoms with Gasteiger partial charge in [0, 0.05) is 11.8 Å². The number of anilines is 1. The van der Waals surface area contributed by atoms with Crippen molar-refractivity contribution in [3.63, 3.8) is 0 Å². The van der Waals surface area contributed by atoms with Crippen LogP contribution in [0.5, 0.6) is 11.5 Å². The minimum atomic E-state index is -0.126. The first-order chi connectivity index (χ1) is 11.7. The fourth-order valence-corrected chi connectivity index (χ4v) is 2.62. The summed E-state index contributed by atoms with van der Waals surface area (Å²) in [5.41, 5.74) is 0.681. The van der Waals surface area contributed by atoms with Crippen molar-refractivity contribution in [2.24, 2.45) is 0 Å². The Morgan fingerprint density at radius 2 is 1.96 bits per heavy atom. The van der Waals surface area contributed by atoms with Crippen molar-refractivity contribution in [1.29, 1.82) is 0 Å². The van der Waals surface area contributed by atoms with E-state index in [9.17, 15) is 4.79 Å². The summed E-state index contributed by atoms with van der Waals surface area (Å²) in [6.45, 7) is 1.81. The number of nitrogens with zero attached hydrogens (tertiary/aromatic N) is 2. The second-order valence-corrected chi connectivity index (χ2v) is 5.93. The van der Waals surface area contributed by atoms with E-state index in [1.807, 2.05) is 55.5 Å². The highest BCUT2D eigenvalue weighted by Gasteiger charge is 2.07. The quantitative estimate of drug-likeness (QED) is 0.670. The van der Waals surface area contributed by atoms with Crippen LogP contribution in [0.2, 0.25) is 0 Å². The number of hydrogen-bond acceptors (Lipinski definition) is 5. The third-order valence-electron chi connectivity index (χ3n) is 3.01. The molecule has 0 radical (unpaired) electrons. The summed E-state index contributed by atoms with van der Waals surface area (Å²) in [4.78, 5) is 16.2. The number of aromatic nitrogens is 3. The average Bonchev–Trinajstić information content (AvgIpc) is 3.00. The third kappa shape index (κ3) is 4.60. The molecule has 1 amide bonds. The Balaban J connectivity index is 1.56. The number of aromatic amines is 1. The van der Waals surface area contributed by atoms with Crippen LogP contribution in [0.4, 0.5) is 5.69 Å². The van der Waals surface area contributed by atoms with E-state index in [1.165, 1.54) is 11.8 Å². The Bertz CT molecular complexity index is 820. The normalized spacial score (nSPS) is 10.4. The zero-order chi connectivity index (χ0) is 16.8. The monoisotopic (exact) mass is 340 g/mol. The second-order valence-electron chi connectivity index (χ2n) is 4.98. The van der Waals surface area contributed by atoms with Crippen molar-refractivity contribution >= 4 is 23.4 Å². The second kappa shape index (κ2) is 7.65. The lowest BCUT2D eigenvalue weighted by molar-refractivity contribution is -0.113. The van der Waals surface area contributed by atoms with E-state index in [4.69, 9.17) is 4.74 Å². The number of rotatable bonds is 6. The van der Waals surface area contributed by atoms with E-state index >= 15 is 0 Å². The van der Waals surface area contributed by atoms with Crippen molar-refractivity contribution < 1.29 is 9.53 Å². The number of amides is 1. The van der Waals surface area contributed by atoms with Gasteiger partial charge >= 0.3 is 0 Å². The number of para-hydroxylation sites is 1. The maximum absolute atomic E-state index is 12.0. The molecule has 0 spiro atoms. The number of hydrogen-bond donors (Lipinski definition) is 2. The summed E-state index contributed by atoms with van der Waals surface area (Å²) in [6, 6.07) is 16.8. The molecule has 1 aromatic heterocycles. The van der Waals surface area contributed by atoms with E-state index in [-0.39, 0.29) is 11.7 Å². The molecule has 6 nitrogen and oxygen atoms in total. The Morgan fingerprint density at radius 1 is 1.17 bits per heavy atom. The van der Waals surface area contributed by atoms with Gasteiger partial charge in [-0.2, -0.15) is 0 Å². The van der Waals surface area contributed by atoms with Crippen LogP contribution in [0.25, 0.3) is 0 Å². The van der Waals surface area contributed by atoms with Crippen molar-refractivity contribution in [1.82, 2.24) is 15.2 Å². The molecule has 0 aliphatic carbocycles. The molecule has 24 heavy (non-hydrogen) atoms. The highest BCUT2D eigenvalue weighted by Crippen LogP contribution is 2.24. The lowest BCUT2D eigenvalue weighted by Crippen LogP contribution is -2.14. The Kier molecular flexibility index (Phi) is 5.12. The summed E-state index contributed by atoms with van der Waals surface area (Å²) in [5, 5.41) is 10.1. The van der Waals surface area contributed by atoms with Crippen LogP contribution in [0.3, 0.4) is 0 Å². The highest BCUT2D eigenvalue weighted by atomic mass is 32.2. The molecule has 3 rings (SSSR count). The molecule has 0 fully saturated rings. The summed E-state index contributed by atoms with van der Waals surface area (Å²) >= 11 is 1.28. The number of thioether (sulfide) groups is 1. The van der Waals surface area contributed by atoms with E-state index in [0.29, 0.717) is 16.6 Å². The zero-order valence-corrected chi connectivity index (χ0v) is 13.8. The summed E-state index contributed by atoms with van der Waals surface area (Å²) in [5.74, 6) is 2.25. The molecule has 3 aromatic rings. The van der Waals surface area contributed by atoms with Crippen LogP contribution in [0, 0.1) is 6.92 Å². The van der Waals surface area contributed by atoms with Gasteiger partial charge in [-0.05, 0) is 31.2 Å². The molecule has 0 bridgehead atoms. The van der Waals surface area contributed by atoms with Gasteiger partial charge in [0.25, 0.3) is 0 Å². The summed E-state index contributed by atoms with van der Waals surface area (Å²) < 4.78 is 5.75. The number of carbonyl (C=O) groups excluding carboxylic acids is 1. The fraction of sp³-hybridized carbons (Fsp3) is 0.118. The van der Waals surface area contributed by atoms with E-state index in [1.54, 1.807) is 6.07 Å². The topological polar surface area (TPSA) is 79.9 Å². The van der Waals surface area contributed by atoms with Crippen LogP contribution in [-0.2, 0) is 4.79 Å². The third-order valence-corrected chi connectivity index (χ3v) is 3.85. The lowest BCUT2D eigenvalue weighted by atomic mass is 10.3. The van der Waals surface area contributed by atoms with Gasteiger partial charge in [-0.25, -0.2) is 4.98 Å². The molecule has 0 aliphatic rings. The average molecular weight is 340 g/mol. The molecule has 7 heteroatoms. The van der Waals surface area contributed by atoms with Crippen molar-refractivity contribution in [3.05, 3.63) is 60.4 Å². The van der Waals surface area contributed by atoms with Gasteiger partial charge in [0.2, 0.25) is 11.1 Å². The maximum Gasteiger partial charge on any atom is 0.234 e. The largest absolute Gasteiger partial charge is 0.457 e. The van der Waals surface area contributed by atoms with Gasteiger partial charge in [-0.15, -0.1) is 5.10 Å². The van der Waals surface area contributed by atoms with Crippen molar-refractivity contribution in [2.75, 3.05) is 11.1 Å². The Hall–Kier alpha value is -2.80. The smallest absolute Gasteiger partial charge is 0.234 e. The number of benzene rings is 2.